The summed E-state index contributed by atoms with van der Waals surface area (Å²) in [6.07, 6.45) is 2.79. The number of alkyl halides is 3. The van der Waals surface area contributed by atoms with E-state index in [1.165, 1.54) is 21.3 Å². The van der Waals surface area contributed by atoms with Crippen molar-refractivity contribution in [1.82, 2.24) is 25.2 Å². The van der Waals surface area contributed by atoms with Gasteiger partial charge in [0.25, 0.3) is 5.91 Å². The lowest BCUT2D eigenvalue weighted by Crippen LogP contribution is -2.52. The third-order valence-corrected chi connectivity index (χ3v) is 9.37. The van der Waals surface area contributed by atoms with Crippen LogP contribution in [-0.2, 0) is 28.2 Å². The van der Waals surface area contributed by atoms with Crippen LogP contribution in [0.4, 0.5) is 22.4 Å². The molecule has 2 aliphatic rings. The number of fused-ring (bicyclic) bond motifs is 1. The third-order valence-electron chi connectivity index (χ3n) is 7.76. The van der Waals surface area contributed by atoms with Crippen molar-refractivity contribution in [3.05, 3.63) is 89.4 Å². The summed E-state index contributed by atoms with van der Waals surface area (Å²) in [5.74, 6) is -4.87. The Morgan fingerprint density at radius 3 is 2.40 bits per heavy atom. The zero-order chi connectivity index (χ0) is 32.5. The average Bonchev–Trinajstić information content (AvgIpc) is 3.38. The van der Waals surface area contributed by atoms with Gasteiger partial charge in [0.2, 0.25) is 0 Å². The van der Waals surface area contributed by atoms with Gasteiger partial charge in [-0.15, -0.1) is 0 Å². The minimum absolute atomic E-state index is 0.0153. The van der Waals surface area contributed by atoms with Crippen molar-refractivity contribution >= 4 is 44.2 Å². The molecule has 2 heterocycles. The van der Waals surface area contributed by atoms with Gasteiger partial charge in [-0.1, -0.05) is 30.4 Å². The molecule has 1 aliphatic carbocycles. The van der Waals surface area contributed by atoms with Crippen LogP contribution >= 0.6 is 0 Å². The maximum Gasteiger partial charge on any atom is 0.472 e. The standard InChI is InChI=1S/C30H29F4N5O5S/c1-37-11-10-21-16-20(6-9-26(21)37)19-4-7-24(8-5-19)39(29(42)38-12-14-45(43,44)15-13-38)18-23-3-2-22(17-25(23)31)27(40)35-36-28(41)30(32,33)34/h2-7,9-11,16-17,24H,8,12-15,18H2,1H3,(H,35,40)(H,36,41). The molecule has 45 heavy (non-hydrogen) atoms. The van der Waals surface area contributed by atoms with E-state index in [2.05, 4.69) is 6.07 Å². The number of amides is 4. The molecule has 0 bridgehead atoms. The quantitative estimate of drug-likeness (QED) is 0.323. The number of hydrogen-bond acceptors (Lipinski definition) is 5. The van der Waals surface area contributed by atoms with Crippen LogP contribution in [0.25, 0.3) is 16.5 Å². The molecule has 1 unspecified atom stereocenters. The highest BCUT2D eigenvalue weighted by atomic mass is 32.2. The Hall–Kier alpha value is -4.66. The van der Waals surface area contributed by atoms with Crippen LogP contribution in [0, 0.1) is 5.82 Å². The Morgan fingerprint density at radius 2 is 1.76 bits per heavy atom. The molecule has 1 fully saturated rings. The molecular weight excluding hydrogens is 618 g/mol. The molecule has 1 aromatic heterocycles. The number of nitrogens with one attached hydrogen (secondary N) is 2. The molecular formula is C30H29F4N5O5S. The summed E-state index contributed by atoms with van der Waals surface area (Å²) in [6, 6.07) is 10.2. The van der Waals surface area contributed by atoms with Crippen molar-refractivity contribution in [2.24, 2.45) is 7.05 Å². The first-order chi connectivity index (χ1) is 21.2. The second-order valence-electron chi connectivity index (χ2n) is 10.8. The Kier molecular flexibility index (Phi) is 8.74. The Labute approximate surface area is 255 Å². The Balaban J connectivity index is 1.35. The van der Waals surface area contributed by atoms with Gasteiger partial charge in [-0.05, 0) is 47.9 Å². The van der Waals surface area contributed by atoms with E-state index in [1.807, 2.05) is 54.2 Å². The van der Waals surface area contributed by atoms with Gasteiger partial charge in [0.1, 0.15) is 5.82 Å². The molecule has 15 heteroatoms. The van der Waals surface area contributed by atoms with Crippen molar-refractivity contribution in [2.75, 3.05) is 24.6 Å². The van der Waals surface area contributed by atoms with E-state index in [0.717, 1.165) is 34.2 Å². The highest BCUT2D eigenvalue weighted by molar-refractivity contribution is 7.91. The Morgan fingerprint density at radius 1 is 1.02 bits per heavy atom. The fourth-order valence-corrected chi connectivity index (χ4v) is 6.39. The molecule has 4 amide bonds. The van der Waals surface area contributed by atoms with Crippen molar-refractivity contribution in [3.8, 4) is 0 Å². The van der Waals surface area contributed by atoms with Gasteiger partial charge in [0, 0.05) is 48.4 Å². The number of aromatic nitrogens is 1. The van der Waals surface area contributed by atoms with Gasteiger partial charge >= 0.3 is 18.1 Å². The monoisotopic (exact) mass is 647 g/mol. The van der Waals surface area contributed by atoms with E-state index in [9.17, 15) is 36.0 Å². The fraction of sp³-hybridized carbons (Fsp3) is 0.300. The highest BCUT2D eigenvalue weighted by Gasteiger charge is 2.39. The van der Waals surface area contributed by atoms with Crippen molar-refractivity contribution in [2.45, 2.75) is 25.2 Å². The molecule has 238 valence electrons. The van der Waals surface area contributed by atoms with Gasteiger partial charge in [0.05, 0.1) is 24.1 Å². The van der Waals surface area contributed by atoms with Crippen LogP contribution in [-0.4, -0.2) is 77.4 Å². The van der Waals surface area contributed by atoms with Gasteiger partial charge in [0.15, 0.2) is 9.84 Å². The average molecular weight is 648 g/mol. The lowest BCUT2D eigenvalue weighted by Gasteiger charge is -2.37. The van der Waals surface area contributed by atoms with E-state index in [-0.39, 0.29) is 42.3 Å². The van der Waals surface area contributed by atoms with Crippen LogP contribution in [0.15, 0.2) is 66.9 Å². The number of sulfone groups is 1. The maximum atomic E-state index is 15.2. The number of carbonyl (C=O) groups excluding carboxylic acids is 3. The fourth-order valence-electron chi connectivity index (χ4n) is 5.18. The minimum atomic E-state index is -5.23. The molecule has 1 atom stereocenters. The predicted octanol–water partition coefficient (Wildman–Crippen LogP) is 3.71. The normalized spacial score (nSPS) is 17.9. The number of aryl methyl sites for hydroxylation is 1. The van der Waals surface area contributed by atoms with Crippen molar-refractivity contribution in [1.29, 1.82) is 0 Å². The number of hydrazine groups is 1. The third kappa shape index (κ3) is 7.19. The number of urea groups is 1. The van der Waals surface area contributed by atoms with Gasteiger partial charge in [-0.25, -0.2) is 17.6 Å². The number of carbonyl (C=O) groups is 3. The van der Waals surface area contributed by atoms with Crippen molar-refractivity contribution in [3.63, 3.8) is 0 Å². The first-order valence-electron chi connectivity index (χ1n) is 13.9. The lowest BCUT2D eigenvalue weighted by molar-refractivity contribution is -0.174. The number of allylic oxidation sites excluding steroid dienone is 2. The van der Waals surface area contributed by atoms with Crippen molar-refractivity contribution < 1.29 is 40.4 Å². The van der Waals surface area contributed by atoms with Gasteiger partial charge < -0.3 is 14.4 Å². The molecule has 2 N–H and O–H groups in total. The smallest absolute Gasteiger partial charge is 0.351 e. The lowest BCUT2D eigenvalue weighted by atomic mass is 9.95. The summed E-state index contributed by atoms with van der Waals surface area (Å²) in [7, 11) is -1.32. The Bertz CT molecular complexity index is 1820. The van der Waals surface area contributed by atoms with E-state index in [4.69, 9.17) is 0 Å². The molecule has 0 radical (unpaired) electrons. The molecule has 2 aromatic carbocycles. The first kappa shape index (κ1) is 31.8. The SMILES string of the molecule is Cn1ccc2cc(C3=CCC(N(Cc4ccc(C(=O)NNC(=O)C(F)(F)F)cc4F)C(=O)N4CCS(=O)(=O)CC4)C=C3)ccc21. The van der Waals surface area contributed by atoms with Gasteiger partial charge in [-0.2, -0.15) is 13.2 Å². The van der Waals surface area contributed by atoms with E-state index in [0.29, 0.717) is 6.42 Å². The van der Waals surface area contributed by atoms with E-state index >= 15 is 4.39 Å². The van der Waals surface area contributed by atoms with E-state index in [1.54, 1.807) is 5.43 Å². The summed E-state index contributed by atoms with van der Waals surface area (Å²) in [6.45, 7) is -0.274. The molecule has 1 saturated heterocycles. The van der Waals surface area contributed by atoms with Crippen LogP contribution < -0.4 is 10.9 Å². The predicted molar refractivity (Wildman–Crippen MR) is 158 cm³/mol. The maximum absolute atomic E-state index is 15.2. The van der Waals surface area contributed by atoms with E-state index < -0.39 is 45.7 Å². The number of nitrogens with zero attached hydrogens (tertiary/aromatic N) is 3. The topological polar surface area (TPSA) is 121 Å². The molecule has 3 aromatic rings. The molecule has 5 rings (SSSR count). The van der Waals surface area contributed by atoms with Crippen LogP contribution in [0.5, 0.6) is 0 Å². The second kappa shape index (κ2) is 12.4. The molecule has 10 nitrogen and oxygen atoms in total. The number of benzene rings is 2. The second-order valence-corrected chi connectivity index (χ2v) is 13.1. The number of halogens is 4. The number of hydrogen-bond donors (Lipinski definition) is 2. The van der Waals surface area contributed by atoms with Crippen LogP contribution in [0.1, 0.15) is 27.9 Å². The summed E-state index contributed by atoms with van der Waals surface area (Å²) in [5, 5.41) is 1.07. The first-order valence-corrected chi connectivity index (χ1v) is 15.7. The summed E-state index contributed by atoms with van der Waals surface area (Å²) < 4.78 is 78.4. The minimum Gasteiger partial charge on any atom is -0.351 e. The number of rotatable bonds is 5. The zero-order valence-corrected chi connectivity index (χ0v) is 24.8. The van der Waals surface area contributed by atoms with Crippen LogP contribution in [0.2, 0.25) is 0 Å². The zero-order valence-electron chi connectivity index (χ0n) is 24.0. The summed E-state index contributed by atoms with van der Waals surface area (Å²) in [4.78, 5) is 39.7. The molecule has 0 saturated carbocycles. The highest BCUT2D eigenvalue weighted by Crippen LogP contribution is 2.29. The summed E-state index contributed by atoms with van der Waals surface area (Å²) in [5.41, 5.74) is 5.44. The molecule has 0 spiro atoms. The summed E-state index contributed by atoms with van der Waals surface area (Å²) >= 11 is 0. The van der Waals surface area contributed by atoms with Gasteiger partial charge in [-0.3, -0.25) is 20.4 Å². The largest absolute Gasteiger partial charge is 0.472 e. The molecule has 1 aliphatic heterocycles. The van der Waals surface area contributed by atoms with Crippen LogP contribution in [0.3, 0.4) is 0 Å².